The Morgan fingerprint density at radius 2 is 2.04 bits per heavy atom. The highest BCUT2D eigenvalue weighted by molar-refractivity contribution is 6.30. The first-order chi connectivity index (χ1) is 11.1. The second kappa shape index (κ2) is 10.5. The van der Waals surface area contributed by atoms with E-state index in [2.05, 4.69) is 10.2 Å². The highest BCUT2D eigenvalue weighted by Gasteiger charge is 2.25. The molecule has 134 valence electrons. The van der Waals surface area contributed by atoms with Gasteiger partial charge in [-0.15, -0.1) is 12.4 Å². The van der Waals surface area contributed by atoms with Crippen LogP contribution in [0.3, 0.4) is 0 Å². The molecule has 0 aliphatic carbocycles. The van der Waals surface area contributed by atoms with Crippen molar-refractivity contribution in [1.29, 1.82) is 0 Å². The Kier molecular flexibility index (Phi) is 9.11. The molecule has 1 aliphatic rings. The van der Waals surface area contributed by atoms with E-state index in [-0.39, 0.29) is 30.2 Å². The number of halogens is 2. The minimum absolute atomic E-state index is 0. The van der Waals surface area contributed by atoms with Gasteiger partial charge in [0.2, 0.25) is 5.91 Å². The Bertz CT molecular complexity index is 546. The van der Waals surface area contributed by atoms with Crippen LogP contribution < -0.4 is 5.32 Å². The third kappa shape index (κ3) is 6.67. The number of likely N-dealkylation sites (tertiary alicyclic amines) is 1. The standard InChI is InChI=1S/C17H23ClN2O3.ClH/c1-2-23-17(22)13-6-9-20(10-7-13)11-8-16(21)19-15-5-3-4-14(18)12-15;/h3-5,12-13H,2,6-11H2,1H3,(H,19,21);1H. The first-order valence-electron chi connectivity index (χ1n) is 8.03. The van der Waals surface area contributed by atoms with Crippen LogP contribution in [0, 0.1) is 5.92 Å². The highest BCUT2D eigenvalue weighted by Crippen LogP contribution is 2.19. The van der Waals surface area contributed by atoms with Gasteiger partial charge in [0.05, 0.1) is 12.5 Å². The number of nitrogens with one attached hydrogen (secondary N) is 1. The quantitative estimate of drug-likeness (QED) is 0.775. The molecule has 1 aromatic carbocycles. The van der Waals surface area contributed by atoms with Gasteiger partial charge in [-0.2, -0.15) is 0 Å². The van der Waals surface area contributed by atoms with Gasteiger partial charge < -0.3 is 15.0 Å². The summed E-state index contributed by atoms with van der Waals surface area (Å²) < 4.78 is 5.06. The molecular formula is C17H24Cl2N2O3. The van der Waals surface area contributed by atoms with Gasteiger partial charge in [0.25, 0.3) is 0 Å². The van der Waals surface area contributed by atoms with Gasteiger partial charge in [0.1, 0.15) is 0 Å². The first kappa shape index (κ1) is 20.7. The number of rotatable bonds is 6. The molecule has 0 unspecified atom stereocenters. The molecule has 0 spiro atoms. The summed E-state index contributed by atoms with van der Waals surface area (Å²) in [5, 5.41) is 3.44. The van der Waals surface area contributed by atoms with Gasteiger partial charge >= 0.3 is 5.97 Å². The largest absolute Gasteiger partial charge is 0.466 e. The lowest BCUT2D eigenvalue weighted by Gasteiger charge is -2.30. The Morgan fingerprint density at radius 1 is 1.33 bits per heavy atom. The number of amides is 1. The summed E-state index contributed by atoms with van der Waals surface area (Å²) in [7, 11) is 0. The predicted molar refractivity (Wildman–Crippen MR) is 97.7 cm³/mol. The Hall–Kier alpha value is -1.30. The van der Waals surface area contributed by atoms with Gasteiger partial charge in [-0.3, -0.25) is 9.59 Å². The number of ether oxygens (including phenoxy) is 1. The molecule has 1 aliphatic heterocycles. The zero-order chi connectivity index (χ0) is 16.7. The summed E-state index contributed by atoms with van der Waals surface area (Å²) in [5.74, 6) is -0.114. The number of hydrogen-bond donors (Lipinski definition) is 1. The van der Waals surface area contributed by atoms with Crippen molar-refractivity contribution < 1.29 is 14.3 Å². The van der Waals surface area contributed by atoms with E-state index in [0.717, 1.165) is 25.9 Å². The SMILES string of the molecule is CCOC(=O)C1CCN(CCC(=O)Nc2cccc(Cl)c2)CC1.Cl. The van der Waals surface area contributed by atoms with Gasteiger partial charge in [0.15, 0.2) is 0 Å². The van der Waals surface area contributed by atoms with Crippen molar-refractivity contribution in [1.82, 2.24) is 4.90 Å². The lowest BCUT2D eigenvalue weighted by molar-refractivity contribution is -0.149. The molecule has 2 rings (SSSR count). The number of piperidine rings is 1. The molecule has 1 saturated heterocycles. The van der Waals surface area contributed by atoms with E-state index >= 15 is 0 Å². The van der Waals surface area contributed by atoms with Gasteiger partial charge in [0, 0.05) is 23.7 Å². The number of carbonyl (C=O) groups is 2. The van der Waals surface area contributed by atoms with Gasteiger partial charge in [-0.25, -0.2) is 0 Å². The lowest BCUT2D eigenvalue weighted by Crippen LogP contribution is -2.38. The van der Waals surface area contributed by atoms with E-state index in [1.807, 2.05) is 13.0 Å². The van der Waals surface area contributed by atoms with Crippen LogP contribution in [0.1, 0.15) is 26.2 Å². The summed E-state index contributed by atoms with van der Waals surface area (Å²) in [6.07, 6.45) is 2.03. The number of nitrogens with zero attached hydrogens (tertiary/aromatic N) is 1. The lowest BCUT2D eigenvalue weighted by atomic mass is 9.97. The first-order valence-corrected chi connectivity index (χ1v) is 8.40. The van der Waals surface area contributed by atoms with E-state index in [4.69, 9.17) is 16.3 Å². The molecule has 0 saturated carbocycles. The monoisotopic (exact) mass is 374 g/mol. The van der Waals surface area contributed by atoms with Gasteiger partial charge in [-0.05, 0) is 51.1 Å². The van der Waals surface area contributed by atoms with Crippen LogP contribution in [0.15, 0.2) is 24.3 Å². The topological polar surface area (TPSA) is 58.6 Å². The number of anilines is 1. The fourth-order valence-electron chi connectivity index (χ4n) is 2.70. The molecule has 1 aromatic rings. The van der Waals surface area contributed by atoms with Crippen molar-refractivity contribution >= 4 is 41.6 Å². The van der Waals surface area contributed by atoms with Crippen molar-refractivity contribution in [3.05, 3.63) is 29.3 Å². The molecule has 1 N–H and O–H groups in total. The average molecular weight is 375 g/mol. The second-order valence-corrected chi connectivity index (χ2v) is 6.11. The third-order valence-corrected chi connectivity index (χ3v) is 4.21. The van der Waals surface area contributed by atoms with Crippen LogP contribution in [0.2, 0.25) is 5.02 Å². The second-order valence-electron chi connectivity index (χ2n) is 5.68. The zero-order valence-corrected chi connectivity index (χ0v) is 15.4. The van der Waals surface area contributed by atoms with Crippen molar-refractivity contribution in [3.63, 3.8) is 0 Å². The summed E-state index contributed by atoms with van der Waals surface area (Å²) in [4.78, 5) is 25.9. The smallest absolute Gasteiger partial charge is 0.309 e. The number of benzene rings is 1. The molecule has 7 heteroatoms. The summed E-state index contributed by atoms with van der Waals surface area (Å²) in [5.41, 5.74) is 0.712. The normalized spacial score (nSPS) is 15.4. The van der Waals surface area contributed by atoms with E-state index in [0.29, 0.717) is 30.3 Å². The van der Waals surface area contributed by atoms with Crippen LogP contribution in [0.5, 0.6) is 0 Å². The molecule has 0 bridgehead atoms. The Morgan fingerprint density at radius 3 is 2.67 bits per heavy atom. The zero-order valence-electron chi connectivity index (χ0n) is 13.8. The van der Waals surface area contributed by atoms with Crippen molar-refractivity contribution in [3.8, 4) is 0 Å². The van der Waals surface area contributed by atoms with E-state index < -0.39 is 0 Å². The van der Waals surface area contributed by atoms with E-state index in [1.165, 1.54) is 0 Å². The van der Waals surface area contributed by atoms with Crippen molar-refractivity contribution in [2.45, 2.75) is 26.2 Å². The molecule has 1 heterocycles. The number of carbonyl (C=O) groups excluding carboxylic acids is 2. The number of esters is 1. The molecule has 0 aromatic heterocycles. The van der Waals surface area contributed by atoms with Crippen LogP contribution >= 0.6 is 24.0 Å². The minimum atomic E-state index is -0.0918. The van der Waals surface area contributed by atoms with Gasteiger partial charge in [-0.1, -0.05) is 17.7 Å². The van der Waals surface area contributed by atoms with Crippen molar-refractivity contribution in [2.75, 3.05) is 31.6 Å². The fraction of sp³-hybridized carbons (Fsp3) is 0.529. The molecular weight excluding hydrogens is 351 g/mol. The molecule has 24 heavy (non-hydrogen) atoms. The Labute approximate surface area is 154 Å². The molecule has 0 atom stereocenters. The number of hydrogen-bond acceptors (Lipinski definition) is 4. The Balaban J connectivity index is 0.00000288. The maximum atomic E-state index is 12.0. The van der Waals surface area contributed by atoms with E-state index in [1.54, 1.807) is 18.2 Å². The summed E-state index contributed by atoms with van der Waals surface area (Å²) >= 11 is 5.89. The van der Waals surface area contributed by atoms with Crippen LogP contribution in [0.25, 0.3) is 0 Å². The third-order valence-electron chi connectivity index (χ3n) is 3.97. The molecule has 5 nitrogen and oxygen atoms in total. The summed E-state index contributed by atoms with van der Waals surface area (Å²) in [6, 6.07) is 7.11. The van der Waals surface area contributed by atoms with Crippen molar-refractivity contribution in [2.24, 2.45) is 5.92 Å². The maximum absolute atomic E-state index is 12.0. The minimum Gasteiger partial charge on any atom is -0.466 e. The maximum Gasteiger partial charge on any atom is 0.309 e. The average Bonchev–Trinajstić information content (AvgIpc) is 2.54. The molecule has 1 fully saturated rings. The van der Waals surface area contributed by atoms with Crippen LogP contribution in [-0.2, 0) is 14.3 Å². The van der Waals surface area contributed by atoms with Crippen LogP contribution in [0.4, 0.5) is 5.69 Å². The predicted octanol–water partition coefficient (Wildman–Crippen LogP) is 3.37. The van der Waals surface area contributed by atoms with Crippen LogP contribution in [-0.4, -0.2) is 43.0 Å². The highest BCUT2D eigenvalue weighted by atomic mass is 35.5. The summed E-state index contributed by atoms with van der Waals surface area (Å²) in [6.45, 7) is 4.61. The molecule has 1 amide bonds. The fourth-order valence-corrected chi connectivity index (χ4v) is 2.89. The molecule has 0 radical (unpaired) electrons. The van der Waals surface area contributed by atoms with E-state index in [9.17, 15) is 9.59 Å².